The predicted molar refractivity (Wildman–Crippen MR) is 407 cm³/mol. The topological polar surface area (TPSA) is 515 Å². The van der Waals surface area contributed by atoms with Crippen molar-refractivity contribution in [3.8, 4) is 11.5 Å². The molecule has 598 valence electrons. The van der Waals surface area contributed by atoms with E-state index in [0.717, 1.165) is 23.9 Å². The van der Waals surface area contributed by atoms with Crippen LogP contribution in [0.2, 0.25) is 0 Å². The van der Waals surface area contributed by atoms with Gasteiger partial charge in [0, 0.05) is 131 Å². The molecule has 4 heterocycles. The summed E-state index contributed by atoms with van der Waals surface area (Å²) in [6.07, 6.45) is 10.7. The molecule has 0 aliphatic rings. The molecule has 0 spiro atoms. The number of hydrogen-bond acceptors (Lipinski definition) is 22. The van der Waals surface area contributed by atoms with Crippen LogP contribution in [0, 0.1) is 27.7 Å². The van der Waals surface area contributed by atoms with E-state index in [0.29, 0.717) is 54.6 Å². The zero-order chi connectivity index (χ0) is 80.4. The number of benzene rings is 4. The van der Waals surface area contributed by atoms with Crippen LogP contribution in [-0.4, -0.2) is 209 Å². The van der Waals surface area contributed by atoms with E-state index in [4.69, 9.17) is 14.2 Å². The Hall–Kier alpha value is -11.7. The van der Waals surface area contributed by atoms with Gasteiger partial charge in [-0.15, -0.1) is 0 Å². The van der Waals surface area contributed by atoms with Gasteiger partial charge in [-0.05, 0) is 163 Å². The predicted octanol–water partition coefficient (Wildman–Crippen LogP) is 3.55. The Morgan fingerprint density at radius 3 is 1.31 bits per heavy atom. The number of sulfonamides is 2. The van der Waals surface area contributed by atoms with Gasteiger partial charge in [-0.2, -0.15) is 19.6 Å². The smallest absolute Gasteiger partial charge is 0.408 e. The molecule has 15 N–H and O–H groups in total. The van der Waals surface area contributed by atoms with E-state index in [9.17, 15) is 70.2 Å². The third kappa shape index (κ3) is 26.3. The molecule has 0 fully saturated rings. The number of carbonyl (C=O) groups is 9. The molecule has 111 heavy (non-hydrogen) atoms. The number of ether oxygens (including phenoxy) is 3. The highest BCUT2D eigenvalue weighted by atomic mass is 32.2. The standard InChI is InChI=1S/C72H95N19O18S2/c1-44-34-52(35-45(2)62(44)110(103,104)88-55(67(98)99)42-83-64(95)48-14-17-57-50(38-48)40-85-90(57)30-10-20-77-69-79-26-27-80-69)107-32-8-12-59(92)73-22-23-75-61(94)19-16-54(87-71(102)109-72(5,6)7)66(97)76-25-24-74-60(93)13-9-33-108-53-36-46(3)63(47(4)37-53)111(105,106)89-56(68(100)101)43-84-65(96)49-15-18-58-51(39-49)41-86-91(58)31-11-21-78-70-81-28-29-82-70/h14-15,17-18,26-29,34-41,54-56,88-89H,8-13,16,19-25,30-33,42-43H2,1-7H3,(H,73,92)(H,74,93)(H,75,94)(H,76,97)(H,83,95)(H,84,96)(H,87,102)(H,98,99)(H,100,101)(H2,77,79,80)(H2,78,81,82). The first kappa shape index (κ1) is 84.9. The minimum absolute atomic E-state index is 0.00549. The largest absolute Gasteiger partial charge is 0.494 e. The van der Waals surface area contributed by atoms with E-state index in [1.807, 2.05) is 0 Å². The summed E-state index contributed by atoms with van der Waals surface area (Å²) in [7, 11) is -8.92. The number of carboxylic acid groups (broad SMARTS) is 2. The molecule has 0 aliphatic carbocycles. The summed E-state index contributed by atoms with van der Waals surface area (Å²) in [6, 6.07) is 11.0. The maximum atomic E-state index is 13.7. The fourth-order valence-corrected chi connectivity index (χ4v) is 15.0. The second-order valence-corrected chi connectivity index (χ2v) is 30.2. The van der Waals surface area contributed by atoms with Crippen LogP contribution in [0.5, 0.6) is 11.5 Å². The number of hydrogen-bond donors (Lipinski definition) is 15. The number of aryl methyl sites for hydroxylation is 6. The van der Waals surface area contributed by atoms with Crippen LogP contribution in [0.15, 0.2) is 108 Å². The summed E-state index contributed by atoms with van der Waals surface area (Å²) >= 11 is 0. The number of anilines is 2. The van der Waals surface area contributed by atoms with Crippen LogP contribution in [0.3, 0.4) is 0 Å². The van der Waals surface area contributed by atoms with Crippen LogP contribution in [0.1, 0.15) is 115 Å². The van der Waals surface area contributed by atoms with Gasteiger partial charge < -0.3 is 82.2 Å². The number of fused-ring (bicyclic) bond motifs is 2. The number of H-pyrrole nitrogens is 2. The summed E-state index contributed by atoms with van der Waals surface area (Å²) in [5.41, 5.74) is 2.05. The number of amides is 7. The van der Waals surface area contributed by atoms with Gasteiger partial charge in [0.15, 0.2) is 11.9 Å². The molecular weight excluding hydrogens is 1480 g/mol. The van der Waals surface area contributed by atoms with Gasteiger partial charge in [-0.3, -0.25) is 47.7 Å². The maximum absolute atomic E-state index is 13.7. The Kier molecular flexibility index (Phi) is 30.7. The number of nitrogens with zero attached hydrogens (tertiary/aromatic N) is 6. The Labute approximate surface area is 640 Å². The zero-order valence-electron chi connectivity index (χ0n) is 62.5. The molecular formula is C72H95N19O18S2. The van der Waals surface area contributed by atoms with Crippen LogP contribution in [-0.2, 0) is 66.6 Å². The lowest BCUT2D eigenvalue weighted by Crippen LogP contribution is -2.49. The molecule has 7 amide bonds. The van der Waals surface area contributed by atoms with Crippen molar-refractivity contribution in [2.75, 3.05) is 76.2 Å². The van der Waals surface area contributed by atoms with Gasteiger partial charge in [-0.1, -0.05) is 0 Å². The monoisotopic (exact) mass is 1580 g/mol. The van der Waals surface area contributed by atoms with Crippen molar-refractivity contribution in [2.24, 2.45) is 0 Å². The summed E-state index contributed by atoms with van der Waals surface area (Å²) in [5, 5.41) is 54.7. The molecule has 4 aromatic heterocycles. The summed E-state index contributed by atoms with van der Waals surface area (Å²) in [5.74, 6) is -4.28. The molecule has 37 nitrogen and oxygen atoms in total. The number of rotatable bonds is 45. The minimum atomic E-state index is -4.46. The average Bonchev–Trinajstić information content (AvgIpc) is 1.51. The van der Waals surface area contributed by atoms with E-state index in [1.54, 1.807) is 104 Å². The van der Waals surface area contributed by atoms with E-state index < -0.39 is 98.5 Å². The number of carboxylic acids is 2. The SMILES string of the molecule is Cc1cc(OCCCC(=O)NCCNC(=O)CCC(NC(=O)OC(C)(C)C)C(=O)NCCNC(=O)CCCOc2cc(C)c(S(=O)(=O)NC(CNC(=O)c3ccc4c(cnn4CCCNc4ncc[nH]4)c3)C(=O)O)c(C)c2)cc(C)c1S(=O)(=O)NC(CNC(=O)c1ccc2c(cnn2CCCNc2ncc[nH]2)c1)C(=O)O. The Bertz CT molecular complexity index is 4770. The van der Waals surface area contributed by atoms with Crippen LogP contribution in [0.25, 0.3) is 21.8 Å². The lowest BCUT2D eigenvalue weighted by atomic mass is 10.1. The van der Waals surface area contributed by atoms with Crippen molar-refractivity contribution < 1.29 is 84.4 Å². The van der Waals surface area contributed by atoms with E-state index in [-0.39, 0.29) is 139 Å². The molecule has 0 bridgehead atoms. The number of aromatic amines is 2. The summed E-state index contributed by atoms with van der Waals surface area (Å²) in [4.78, 5) is 129. The zero-order valence-corrected chi connectivity index (χ0v) is 64.2. The first-order valence-corrected chi connectivity index (χ1v) is 38.8. The molecule has 3 unspecified atom stereocenters. The number of carbonyl (C=O) groups excluding carboxylic acids is 7. The number of alkyl carbamates (subject to hydrolysis) is 1. The lowest BCUT2D eigenvalue weighted by molar-refractivity contribution is -0.139. The van der Waals surface area contributed by atoms with Gasteiger partial charge in [0.2, 0.25) is 43.7 Å². The van der Waals surface area contributed by atoms with E-state index >= 15 is 0 Å². The van der Waals surface area contributed by atoms with Gasteiger partial charge in [0.1, 0.15) is 35.2 Å². The summed E-state index contributed by atoms with van der Waals surface area (Å²) < 4.78 is 79.8. The van der Waals surface area contributed by atoms with Crippen molar-refractivity contribution in [3.05, 3.63) is 131 Å². The molecule has 0 saturated heterocycles. The van der Waals surface area contributed by atoms with Crippen LogP contribution in [0.4, 0.5) is 16.7 Å². The highest BCUT2D eigenvalue weighted by Gasteiger charge is 2.32. The Balaban J connectivity index is 0.686. The minimum Gasteiger partial charge on any atom is -0.494 e. The highest BCUT2D eigenvalue weighted by molar-refractivity contribution is 7.90. The van der Waals surface area contributed by atoms with Crippen LogP contribution >= 0.6 is 0 Å². The van der Waals surface area contributed by atoms with Gasteiger partial charge in [0.05, 0.1) is 46.4 Å². The average molecular weight is 1580 g/mol. The molecule has 3 atom stereocenters. The molecule has 0 saturated carbocycles. The molecule has 39 heteroatoms. The fraction of sp³-hybridized carbons (Fsp3) is 0.431. The number of nitrogens with one attached hydrogen (secondary N) is 13. The first-order chi connectivity index (χ1) is 52.8. The maximum Gasteiger partial charge on any atom is 0.408 e. The first-order valence-electron chi connectivity index (χ1n) is 35.8. The second kappa shape index (κ2) is 40.1. The lowest BCUT2D eigenvalue weighted by Gasteiger charge is -2.23. The van der Waals surface area contributed by atoms with E-state index in [1.165, 1.54) is 52.0 Å². The molecule has 0 radical (unpaired) electrons. The van der Waals surface area contributed by atoms with Gasteiger partial charge in [-0.25, -0.2) is 31.6 Å². The third-order valence-electron chi connectivity index (χ3n) is 16.8. The van der Waals surface area contributed by atoms with Gasteiger partial charge in [0.25, 0.3) is 11.8 Å². The Morgan fingerprint density at radius 2 is 0.919 bits per heavy atom. The van der Waals surface area contributed by atoms with Crippen molar-refractivity contribution in [1.29, 1.82) is 0 Å². The van der Waals surface area contributed by atoms with E-state index in [2.05, 4.69) is 87.4 Å². The second-order valence-electron chi connectivity index (χ2n) is 26.9. The fourth-order valence-electron chi connectivity index (χ4n) is 11.7. The number of aliphatic carboxylic acids is 2. The van der Waals surface area contributed by atoms with Crippen molar-refractivity contribution in [1.82, 2.24) is 86.2 Å². The quantitative estimate of drug-likeness (QED) is 0.0243. The highest BCUT2D eigenvalue weighted by Crippen LogP contribution is 2.29. The van der Waals surface area contributed by atoms with Crippen molar-refractivity contribution >= 4 is 107 Å². The number of aromatic nitrogens is 8. The summed E-state index contributed by atoms with van der Waals surface area (Å²) in [6.45, 7) is 12.4. The van der Waals surface area contributed by atoms with Gasteiger partial charge >= 0.3 is 18.0 Å². The molecule has 0 aliphatic heterocycles. The number of imidazole rings is 2. The Morgan fingerprint density at radius 1 is 0.514 bits per heavy atom. The third-order valence-corrected chi connectivity index (χ3v) is 20.4. The molecule has 8 aromatic rings. The van der Waals surface area contributed by atoms with Crippen molar-refractivity contribution in [2.45, 2.75) is 146 Å². The normalized spacial score (nSPS) is 12.4. The van der Waals surface area contributed by atoms with Crippen LogP contribution < -0.4 is 66.8 Å². The molecule has 8 rings (SSSR count). The van der Waals surface area contributed by atoms with Crippen molar-refractivity contribution in [3.63, 3.8) is 0 Å². The molecule has 4 aromatic carbocycles.